The van der Waals surface area contributed by atoms with Crippen LogP contribution in [0.4, 0.5) is 0 Å². The summed E-state index contributed by atoms with van der Waals surface area (Å²) in [6.07, 6.45) is 9.72. The summed E-state index contributed by atoms with van der Waals surface area (Å²) in [7, 11) is -1.89. The van der Waals surface area contributed by atoms with Gasteiger partial charge in [-0.05, 0) is 43.1 Å². The van der Waals surface area contributed by atoms with Crippen LogP contribution in [0.1, 0.15) is 38.5 Å². The van der Waals surface area contributed by atoms with E-state index in [1.807, 2.05) is 0 Å². The van der Waals surface area contributed by atoms with E-state index in [1.54, 1.807) is 5.57 Å². The van der Waals surface area contributed by atoms with Gasteiger partial charge in [-0.25, -0.2) is 0 Å². The Morgan fingerprint density at radius 1 is 1.42 bits per heavy atom. The maximum Gasteiger partial charge on any atom is 0.505 e. The molecule has 68 valence electrons. The number of hydrogen-bond donors (Lipinski definition) is 1. The molecule has 1 aliphatic rings. The Morgan fingerprint density at radius 2 is 2.17 bits per heavy atom. The fourth-order valence-electron chi connectivity index (χ4n) is 1.35. The molecule has 0 aromatic carbocycles. The lowest BCUT2D eigenvalue weighted by atomic mass is 9.94. The van der Waals surface area contributed by atoms with Crippen molar-refractivity contribution in [3.05, 3.63) is 11.6 Å². The van der Waals surface area contributed by atoms with Gasteiger partial charge in [-0.15, -0.1) is 0 Å². The lowest BCUT2D eigenvalue weighted by Crippen LogP contribution is -1.93. The first-order valence-electron chi connectivity index (χ1n) is 4.60. The standard InChI is InChI=1S/C9H15O2P/c10-12(11)8-3-1-2-5-9-6-4-7-9/h6H,1-5,7-8H2/p+1. The van der Waals surface area contributed by atoms with Gasteiger partial charge >= 0.3 is 8.03 Å². The summed E-state index contributed by atoms with van der Waals surface area (Å²) in [6, 6.07) is 0. The van der Waals surface area contributed by atoms with Gasteiger partial charge in [0, 0.05) is 0 Å². The van der Waals surface area contributed by atoms with E-state index in [4.69, 9.17) is 4.89 Å². The van der Waals surface area contributed by atoms with Crippen molar-refractivity contribution in [3.63, 3.8) is 0 Å². The molecule has 3 heteroatoms. The third-order valence-electron chi connectivity index (χ3n) is 2.25. The second-order valence-corrected chi connectivity index (χ2v) is 4.44. The van der Waals surface area contributed by atoms with Crippen molar-refractivity contribution in [1.82, 2.24) is 0 Å². The highest BCUT2D eigenvalue weighted by atomic mass is 31.1. The second-order valence-electron chi connectivity index (χ2n) is 3.29. The van der Waals surface area contributed by atoms with Crippen molar-refractivity contribution >= 4 is 8.03 Å². The first-order chi connectivity index (χ1) is 5.79. The number of rotatable bonds is 6. The molecule has 1 N–H and O–H groups in total. The summed E-state index contributed by atoms with van der Waals surface area (Å²) >= 11 is 0. The third-order valence-corrected chi connectivity index (χ3v) is 2.94. The molecule has 0 bridgehead atoms. The summed E-state index contributed by atoms with van der Waals surface area (Å²) < 4.78 is 10.3. The van der Waals surface area contributed by atoms with Gasteiger partial charge in [-0.3, -0.25) is 0 Å². The van der Waals surface area contributed by atoms with Crippen LogP contribution in [0, 0.1) is 0 Å². The predicted molar refractivity (Wildman–Crippen MR) is 50.5 cm³/mol. The van der Waals surface area contributed by atoms with Gasteiger partial charge in [0.1, 0.15) is 0 Å². The number of unbranched alkanes of at least 4 members (excludes halogenated alkanes) is 2. The monoisotopic (exact) mass is 187 g/mol. The summed E-state index contributed by atoms with van der Waals surface area (Å²) in [5.41, 5.74) is 1.59. The highest BCUT2D eigenvalue weighted by Gasteiger charge is 2.09. The van der Waals surface area contributed by atoms with Gasteiger partial charge in [-0.2, -0.15) is 4.89 Å². The van der Waals surface area contributed by atoms with Crippen LogP contribution in [-0.2, 0) is 4.57 Å². The number of hydrogen-bond acceptors (Lipinski definition) is 1. The van der Waals surface area contributed by atoms with Crippen molar-refractivity contribution in [2.75, 3.05) is 6.16 Å². The van der Waals surface area contributed by atoms with E-state index in [9.17, 15) is 4.57 Å². The molecular weight excluding hydrogens is 171 g/mol. The molecule has 0 aromatic rings. The zero-order chi connectivity index (χ0) is 8.81. The molecule has 1 atom stereocenters. The molecule has 0 saturated heterocycles. The van der Waals surface area contributed by atoms with Crippen molar-refractivity contribution in [2.45, 2.75) is 38.5 Å². The van der Waals surface area contributed by atoms with Crippen molar-refractivity contribution < 1.29 is 9.46 Å². The zero-order valence-electron chi connectivity index (χ0n) is 7.33. The van der Waals surface area contributed by atoms with Gasteiger partial charge < -0.3 is 0 Å². The summed E-state index contributed by atoms with van der Waals surface area (Å²) in [4.78, 5) is 8.52. The Labute approximate surface area is 74.5 Å². The van der Waals surface area contributed by atoms with Crippen molar-refractivity contribution in [2.24, 2.45) is 0 Å². The fourth-order valence-corrected chi connectivity index (χ4v) is 1.85. The number of allylic oxidation sites excluding steroid dienone is 2. The molecule has 1 aliphatic carbocycles. The van der Waals surface area contributed by atoms with Crippen molar-refractivity contribution in [3.8, 4) is 0 Å². The molecule has 0 amide bonds. The van der Waals surface area contributed by atoms with E-state index < -0.39 is 8.03 Å². The molecule has 0 fully saturated rings. The van der Waals surface area contributed by atoms with Crippen molar-refractivity contribution in [1.29, 1.82) is 0 Å². The highest BCUT2D eigenvalue weighted by molar-refractivity contribution is 7.37. The maximum absolute atomic E-state index is 10.3. The normalized spacial score (nSPS) is 16.8. The lowest BCUT2D eigenvalue weighted by Gasteiger charge is -2.12. The quantitative estimate of drug-likeness (QED) is 0.394. The van der Waals surface area contributed by atoms with Crippen LogP contribution in [0.2, 0.25) is 0 Å². The minimum Gasteiger partial charge on any atom is -0.161 e. The second kappa shape index (κ2) is 5.45. The van der Waals surface area contributed by atoms with Gasteiger partial charge in [0.05, 0.1) is 0 Å². The van der Waals surface area contributed by atoms with E-state index >= 15 is 0 Å². The van der Waals surface area contributed by atoms with Crippen LogP contribution in [0.15, 0.2) is 11.6 Å². The summed E-state index contributed by atoms with van der Waals surface area (Å²) in [6.45, 7) is 0. The first kappa shape index (κ1) is 9.88. The minimum atomic E-state index is -1.89. The SMILES string of the molecule is O=[P+](O)CCCCCC1=CCC1. The minimum absolute atomic E-state index is 0.481. The molecule has 0 saturated carbocycles. The van der Waals surface area contributed by atoms with E-state index in [2.05, 4.69) is 6.08 Å². The molecule has 0 radical (unpaired) electrons. The summed E-state index contributed by atoms with van der Waals surface area (Å²) in [5, 5.41) is 0. The van der Waals surface area contributed by atoms with Gasteiger partial charge in [0.2, 0.25) is 0 Å². The van der Waals surface area contributed by atoms with E-state index in [0.717, 1.165) is 12.8 Å². The smallest absolute Gasteiger partial charge is 0.161 e. The lowest BCUT2D eigenvalue weighted by molar-refractivity contribution is 0.499. The average molecular weight is 187 g/mol. The zero-order valence-corrected chi connectivity index (χ0v) is 8.22. The topological polar surface area (TPSA) is 37.3 Å². The molecule has 0 aliphatic heterocycles. The Hall–Kier alpha value is -0.200. The van der Waals surface area contributed by atoms with E-state index in [1.165, 1.54) is 25.7 Å². The van der Waals surface area contributed by atoms with Crippen LogP contribution in [0.5, 0.6) is 0 Å². The fraction of sp³-hybridized carbons (Fsp3) is 0.778. The van der Waals surface area contributed by atoms with Gasteiger partial charge in [-0.1, -0.05) is 11.6 Å². The Bertz CT molecular complexity index is 187. The molecular formula is C9H16O2P+. The van der Waals surface area contributed by atoms with E-state index in [0.29, 0.717) is 6.16 Å². The van der Waals surface area contributed by atoms with Crippen LogP contribution in [0.3, 0.4) is 0 Å². The molecule has 1 unspecified atom stereocenters. The van der Waals surface area contributed by atoms with Gasteiger partial charge in [0.25, 0.3) is 0 Å². The molecule has 0 spiro atoms. The van der Waals surface area contributed by atoms with Crippen LogP contribution in [0.25, 0.3) is 0 Å². The van der Waals surface area contributed by atoms with Gasteiger partial charge in [0.15, 0.2) is 6.16 Å². The first-order valence-corrected chi connectivity index (χ1v) is 6.00. The Balaban J connectivity index is 1.86. The molecule has 12 heavy (non-hydrogen) atoms. The summed E-state index contributed by atoms with van der Waals surface area (Å²) in [5.74, 6) is 0. The third kappa shape index (κ3) is 3.99. The van der Waals surface area contributed by atoms with Crippen LogP contribution < -0.4 is 0 Å². The Kier molecular flexibility index (Phi) is 4.49. The van der Waals surface area contributed by atoms with E-state index in [-0.39, 0.29) is 0 Å². The largest absolute Gasteiger partial charge is 0.505 e. The molecule has 0 heterocycles. The Morgan fingerprint density at radius 3 is 2.67 bits per heavy atom. The molecule has 0 aromatic heterocycles. The molecule has 1 rings (SSSR count). The molecule has 2 nitrogen and oxygen atoms in total. The average Bonchev–Trinajstić information content (AvgIpc) is 1.92. The predicted octanol–water partition coefficient (Wildman–Crippen LogP) is 3.00. The van der Waals surface area contributed by atoms with Crippen LogP contribution in [-0.4, -0.2) is 11.1 Å². The highest BCUT2D eigenvalue weighted by Crippen LogP contribution is 2.24. The maximum atomic E-state index is 10.3. The van der Waals surface area contributed by atoms with Crippen LogP contribution >= 0.6 is 8.03 Å².